The largest absolute Gasteiger partial charge is 0.465 e. The van der Waals surface area contributed by atoms with Crippen LogP contribution in [0.4, 0.5) is 0 Å². The summed E-state index contributed by atoms with van der Waals surface area (Å²) in [5, 5.41) is 0. The number of aryl methyl sites for hydroxylation is 1. The van der Waals surface area contributed by atoms with E-state index < -0.39 is 16.0 Å². The fraction of sp³-hybridized carbons (Fsp3) is 0.200. The second kappa shape index (κ2) is 12.9. The second-order valence-corrected chi connectivity index (χ2v) is 12.6. The van der Waals surface area contributed by atoms with Gasteiger partial charge in [0.1, 0.15) is 11.5 Å². The number of carbonyl (C=O) groups excluding carboxylic acids is 2. The van der Waals surface area contributed by atoms with E-state index >= 15 is 0 Å². The van der Waals surface area contributed by atoms with Gasteiger partial charge in [-0.05, 0) is 62.2 Å². The Morgan fingerprint density at radius 3 is 2.18 bits per heavy atom. The summed E-state index contributed by atoms with van der Waals surface area (Å²) in [6.45, 7) is 5.60. The Bertz CT molecular complexity index is 1820. The van der Waals surface area contributed by atoms with E-state index in [1.165, 1.54) is 17.5 Å². The van der Waals surface area contributed by atoms with Crippen LogP contribution in [0, 0.1) is 6.92 Å². The molecule has 5 rings (SSSR count). The van der Waals surface area contributed by atoms with Crippen LogP contribution >= 0.6 is 0 Å². The number of rotatable bonds is 10. The normalized spacial score (nSPS) is 15.3. The minimum absolute atomic E-state index is 0.0435. The summed E-state index contributed by atoms with van der Waals surface area (Å²) in [6, 6.07) is 28.6. The highest BCUT2D eigenvalue weighted by Gasteiger charge is 2.40. The molecule has 0 saturated carbocycles. The topological polar surface area (TPSA) is 97.1 Å². The van der Waals surface area contributed by atoms with E-state index in [0.29, 0.717) is 17.2 Å². The van der Waals surface area contributed by atoms with Crippen molar-refractivity contribution in [3.8, 4) is 0 Å². The number of carbonyl (C=O) groups is 2. The maximum atomic E-state index is 13.7. The molecule has 2 heterocycles. The van der Waals surface area contributed by atoms with Crippen molar-refractivity contribution >= 4 is 28.0 Å². The summed E-state index contributed by atoms with van der Waals surface area (Å²) in [4.78, 5) is 28.4. The van der Waals surface area contributed by atoms with Crippen LogP contribution in [-0.4, -0.2) is 36.6 Å². The first-order valence-corrected chi connectivity index (χ1v) is 15.6. The van der Waals surface area contributed by atoms with Gasteiger partial charge in [-0.2, -0.15) is 4.31 Å². The van der Waals surface area contributed by atoms with Crippen LogP contribution in [0.25, 0.3) is 6.08 Å². The Morgan fingerprint density at radius 1 is 0.909 bits per heavy atom. The van der Waals surface area contributed by atoms with Crippen molar-refractivity contribution in [1.82, 2.24) is 9.21 Å². The van der Waals surface area contributed by atoms with Gasteiger partial charge in [0.05, 0.1) is 35.7 Å². The molecule has 226 valence electrons. The predicted octanol–water partition coefficient (Wildman–Crippen LogP) is 6.41. The molecule has 0 saturated heterocycles. The Morgan fingerprint density at radius 2 is 1.55 bits per heavy atom. The van der Waals surface area contributed by atoms with Crippen LogP contribution in [0.15, 0.2) is 123 Å². The molecule has 1 aliphatic rings. The van der Waals surface area contributed by atoms with Crippen molar-refractivity contribution in [2.45, 2.75) is 44.8 Å². The van der Waals surface area contributed by atoms with Crippen LogP contribution in [0.1, 0.15) is 48.1 Å². The van der Waals surface area contributed by atoms with Gasteiger partial charge in [0.2, 0.25) is 10.0 Å². The van der Waals surface area contributed by atoms with E-state index in [1.807, 2.05) is 74.5 Å². The lowest BCUT2D eigenvalue weighted by molar-refractivity contribution is -0.136. The van der Waals surface area contributed by atoms with E-state index in [4.69, 9.17) is 9.15 Å². The lowest BCUT2D eigenvalue weighted by Crippen LogP contribution is -2.30. The standard InChI is InChI=1S/C35H34N2O6S/c1-24-15-19-31(20-16-24)44(40,41)36(22-27-11-7-5-8-12-27)23-30-18-17-29(43-30)21-32-33(35(39)42-4)26(3)37(34(32)38)25(2)28-13-9-6-10-14-28/h5-21,25H,22-23H2,1-4H3/b32-21+/t25-/m0/s1. The summed E-state index contributed by atoms with van der Waals surface area (Å²) < 4.78 is 40.0. The zero-order chi connectivity index (χ0) is 31.4. The lowest BCUT2D eigenvalue weighted by atomic mass is 10.1. The van der Waals surface area contributed by atoms with Gasteiger partial charge in [0.15, 0.2) is 0 Å². The van der Waals surface area contributed by atoms with E-state index in [2.05, 4.69) is 0 Å². The Balaban J connectivity index is 1.47. The van der Waals surface area contributed by atoms with Crippen molar-refractivity contribution in [2.24, 2.45) is 0 Å². The summed E-state index contributed by atoms with van der Waals surface area (Å²) in [5.41, 5.74) is 3.48. The number of benzene rings is 3. The second-order valence-electron chi connectivity index (χ2n) is 10.6. The third-order valence-electron chi connectivity index (χ3n) is 7.66. The van der Waals surface area contributed by atoms with Gasteiger partial charge in [-0.1, -0.05) is 78.4 Å². The molecular formula is C35H34N2O6S. The summed E-state index contributed by atoms with van der Waals surface area (Å²) in [5.74, 6) is -0.303. The van der Waals surface area contributed by atoms with E-state index in [9.17, 15) is 18.0 Å². The molecular weight excluding hydrogens is 576 g/mol. The number of hydrogen-bond donors (Lipinski definition) is 0. The molecule has 4 aromatic rings. The van der Waals surface area contributed by atoms with E-state index in [0.717, 1.165) is 16.7 Å². The van der Waals surface area contributed by atoms with Gasteiger partial charge in [0, 0.05) is 12.2 Å². The maximum Gasteiger partial charge on any atom is 0.340 e. The van der Waals surface area contributed by atoms with Crippen molar-refractivity contribution < 1.29 is 27.2 Å². The number of allylic oxidation sites excluding steroid dienone is 1. The lowest BCUT2D eigenvalue weighted by Gasteiger charge is -2.26. The summed E-state index contributed by atoms with van der Waals surface area (Å²) in [7, 11) is -2.61. The maximum absolute atomic E-state index is 13.7. The third-order valence-corrected chi connectivity index (χ3v) is 9.47. The Labute approximate surface area is 257 Å². The smallest absolute Gasteiger partial charge is 0.340 e. The number of methoxy groups -OCH3 is 1. The minimum atomic E-state index is -3.88. The molecule has 1 aromatic heterocycles. The monoisotopic (exact) mass is 610 g/mol. The fourth-order valence-corrected chi connectivity index (χ4v) is 6.68. The van der Waals surface area contributed by atoms with Gasteiger partial charge in [-0.25, -0.2) is 13.2 Å². The average Bonchev–Trinajstić information content (AvgIpc) is 3.57. The highest BCUT2D eigenvalue weighted by Crippen LogP contribution is 2.37. The molecule has 1 amide bonds. The molecule has 0 radical (unpaired) electrons. The molecule has 1 atom stereocenters. The van der Waals surface area contributed by atoms with Crippen LogP contribution in [0.2, 0.25) is 0 Å². The van der Waals surface area contributed by atoms with Gasteiger partial charge >= 0.3 is 5.97 Å². The molecule has 0 spiro atoms. The zero-order valence-electron chi connectivity index (χ0n) is 25.1. The molecule has 0 aliphatic carbocycles. The van der Waals surface area contributed by atoms with Crippen LogP contribution < -0.4 is 0 Å². The number of nitrogens with zero attached hydrogens (tertiary/aromatic N) is 2. The molecule has 44 heavy (non-hydrogen) atoms. The molecule has 3 aromatic carbocycles. The molecule has 0 unspecified atom stereocenters. The Kier molecular flexibility index (Phi) is 8.98. The van der Waals surface area contributed by atoms with Crippen molar-refractivity contribution in [3.05, 3.63) is 142 Å². The molecule has 1 aliphatic heterocycles. The molecule has 0 bridgehead atoms. The summed E-state index contributed by atoms with van der Waals surface area (Å²) >= 11 is 0. The highest BCUT2D eigenvalue weighted by molar-refractivity contribution is 7.89. The number of furan rings is 1. The van der Waals surface area contributed by atoms with E-state index in [-0.39, 0.29) is 41.1 Å². The first-order valence-electron chi connectivity index (χ1n) is 14.2. The number of ether oxygens (including phenoxy) is 1. The van der Waals surface area contributed by atoms with Gasteiger partial charge in [-0.15, -0.1) is 0 Å². The number of hydrogen-bond acceptors (Lipinski definition) is 6. The number of amides is 1. The van der Waals surface area contributed by atoms with Gasteiger partial charge < -0.3 is 14.1 Å². The van der Waals surface area contributed by atoms with Gasteiger partial charge in [-0.3, -0.25) is 4.79 Å². The summed E-state index contributed by atoms with van der Waals surface area (Å²) in [6.07, 6.45) is 1.51. The number of esters is 1. The van der Waals surface area contributed by atoms with Crippen molar-refractivity contribution in [1.29, 1.82) is 0 Å². The highest BCUT2D eigenvalue weighted by atomic mass is 32.2. The van der Waals surface area contributed by atoms with Crippen molar-refractivity contribution in [2.75, 3.05) is 7.11 Å². The minimum Gasteiger partial charge on any atom is -0.465 e. The molecule has 9 heteroatoms. The van der Waals surface area contributed by atoms with Crippen LogP contribution in [0.3, 0.4) is 0 Å². The number of sulfonamides is 1. The Hall–Kier alpha value is -4.73. The van der Waals surface area contributed by atoms with E-state index in [1.54, 1.807) is 48.2 Å². The van der Waals surface area contributed by atoms with Crippen molar-refractivity contribution in [3.63, 3.8) is 0 Å². The average molecular weight is 611 g/mol. The third kappa shape index (κ3) is 6.29. The van der Waals surface area contributed by atoms with Crippen LogP contribution in [0.5, 0.6) is 0 Å². The fourth-order valence-electron chi connectivity index (χ4n) is 5.29. The quantitative estimate of drug-likeness (QED) is 0.152. The zero-order valence-corrected chi connectivity index (χ0v) is 25.9. The first kappa shape index (κ1) is 30.7. The molecule has 0 N–H and O–H groups in total. The molecule has 0 fully saturated rings. The van der Waals surface area contributed by atoms with Gasteiger partial charge in [0.25, 0.3) is 5.91 Å². The first-order chi connectivity index (χ1) is 21.1. The predicted molar refractivity (Wildman–Crippen MR) is 167 cm³/mol. The SMILES string of the molecule is COC(=O)C1=C(C)N([C@@H](C)c2ccccc2)C(=O)/C1=C/c1ccc(CN(Cc2ccccc2)S(=O)(=O)c2ccc(C)cc2)o1. The van der Waals surface area contributed by atoms with Crippen LogP contribution in [-0.2, 0) is 37.4 Å². The molecule has 8 nitrogen and oxygen atoms in total.